The Morgan fingerprint density at radius 2 is 1.00 bits per heavy atom. The Labute approximate surface area is 534 Å². The second kappa shape index (κ2) is 26.0. The van der Waals surface area contributed by atoms with Gasteiger partial charge in [0.1, 0.15) is 59.4 Å². The monoisotopic (exact) mass is 1270 g/mol. The third-order valence-corrected chi connectivity index (χ3v) is 19.8. The zero-order valence-electron chi connectivity index (χ0n) is 51.9. The van der Waals surface area contributed by atoms with Crippen molar-refractivity contribution in [2.45, 2.75) is 200 Å². The van der Waals surface area contributed by atoms with E-state index in [1.54, 1.807) is 14.2 Å². The van der Waals surface area contributed by atoms with E-state index in [1.165, 1.54) is 35.5 Å². The molecule has 87 heavy (non-hydrogen) atoms. The molecule has 20 nitrogen and oxygen atoms in total. The molecule has 4 amide bonds. The Morgan fingerprint density at radius 1 is 0.575 bits per heavy atom. The number of rotatable bonds is 5. The van der Waals surface area contributed by atoms with Gasteiger partial charge in [0.15, 0.2) is 0 Å². The van der Waals surface area contributed by atoms with Crippen molar-refractivity contribution in [1.82, 2.24) is 40.4 Å². The Kier molecular flexibility index (Phi) is 19.7. The Balaban J connectivity index is 0.000000203. The van der Waals surface area contributed by atoms with E-state index in [9.17, 15) is 28.8 Å². The van der Waals surface area contributed by atoms with Gasteiger partial charge in [-0.1, -0.05) is 73.9 Å². The van der Waals surface area contributed by atoms with Gasteiger partial charge in [-0.05, 0) is 159 Å². The maximum absolute atomic E-state index is 14.1. The van der Waals surface area contributed by atoms with Crippen LogP contribution in [0.1, 0.15) is 150 Å². The molecular formula is C65H84N8O12V2-2. The number of carbonyl (C=O) groups is 4. The first-order valence-electron chi connectivity index (χ1n) is 30.9. The molecule has 4 aliphatic carbocycles. The van der Waals surface area contributed by atoms with E-state index in [-0.39, 0.29) is 96.9 Å². The van der Waals surface area contributed by atoms with E-state index in [2.05, 4.69) is 23.2 Å². The van der Waals surface area contributed by atoms with Crippen LogP contribution in [-0.2, 0) is 78.6 Å². The summed E-state index contributed by atoms with van der Waals surface area (Å²) < 4.78 is 35.6. The summed E-state index contributed by atoms with van der Waals surface area (Å²) in [7, 11) is 3.23. The van der Waals surface area contributed by atoms with Gasteiger partial charge in [0, 0.05) is 49.2 Å². The SMILES string of the molecule is CC[C@@H]1[C@@H]2CN(C(=O)[C@H](C(C)(C)C)NC(=O)O[C@@H]3C[C@H]3CCC3(CCc4nc5ccc(OC)cc5nc4O2)CC3)[C@@H]1[C-]=O.COc1ccc2nc3c(nc2c1)O[C@H]1CN(C(=O)[C@H](C(C)(C)C)NC(=O)O[C@@H]2C[C@H]2CCC2(CC3)CC2)[C@H]([C-]=O)[C@@H]1C.[V].[V]. The Hall–Kier alpha value is -5.69. The minimum Gasteiger partial charge on any atom is -0.540 e. The Morgan fingerprint density at radius 3 is 1.40 bits per heavy atom. The van der Waals surface area contributed by atoms with E-state index in [0.717, 1.165) is 86.6 Å². The van der Waals surface area contributed by atoms with Crippen molar-refractivity contribution < 1.29 is 94.3 Å². The van der Waals surface area contributed by atoms with Gasteiger partial charge >= 0.3 is 12.2 Å². The van der Waals surface area contributed by atoms with Crippen molar-refractivity contribution in [3.63, 3.8) is 0 Å². The summed E-state index contributed by atoms with van der Waals surface area (Å²) in [5.41, 5.74) is 3.73. The normalized spacial score (nSPS) is 30.2. The second-order valence-corrected chi connectivity index (χ2v) is 27.9. The molecule has 2 N–H and O–H groups in total. The number of hydrogen-bond acceptors (Lipinski definition) is 16. The first kappa shape index (κ1) is 65.7. The topological polar surface area (TPSA) is 240 Å². The number of amides is 4. The molecular weight excluding hydrogens is 1190 g/mol. The van der Waals surface area contributed by atoms with Gasteiger partial charge in [0.25, 0.3) is 0 Å². The molecule has 12 atom stereocenters. The number of carbonyl (C=O) groups excluding carboxylic acids is 6. The van der Waals surface area contributed by atoms with Crippen LogP contribution >= 0.6 is 0 Å². The molecule has 4 aromatic rings. The Bertz CT molecular complexity index is 3220. The molecule has 4 bridgehead atoms. The molecule has 2 radical (unpaired) electrons. The number of aromatic nitrogens is 4. The summed E-state index contributed by atoms with van der Waals surface area (Å²) in [5, 5.41) is 5.67. The fourth-order valence-electron chi connectivity index (χ4n) is 13.4. The zero-order valence-corrected chi connectivity index (χ0v) is 54.7. The minimum absolute atomic E-state index is 0. The molecule has 2 spiro atoms. The smallest absolute Gasteiger partial charge is 0.408 e. The van der Waals surface area contributed by atoms with E-state index in [1.807, 2.05) is 91.8 Å². The van der Waals surface area contributed by atoms with E-state index in [4.69, 9.17) is 48.4 Å². The van der Waals surface area contributed by atoms with Crippen LogP contribution in [0.25, 0.3) is 22.1 Å². The number of nitrogens with zero attached hydrogens (tertiary/aromatic N) is 6. The van der Waals surface area contributed by atoms with Gasteiger partial charge in [0.05, 0.1) is 49.4 Å². The van der Waals surface area contributed by atoms with E-state index < -0.39 is 59.4 Å². The van der Waals surface area contributed by atoms with Gasteiger partial charge in [-0.15, -0.1) is 0 Å². The average molecular weight is 1270 g/mol. The second-order valence-electron chi connectivity index (χ2n) is 27.9. The van der Waals surface area contributed by atoms with Crippen molar-refractivity contribution in [1.29, 1.82) is 0 Å². The molecule has 6 heterocycles. The predicted octanol–water partition coefficient (Wildman–Crippen LogP) is 9.14. The van der Waals surface area contributed by atoms with Crippen LogP contribution < -0.4 is 29.6 Å². The third-order valence-electron chi connectivity index (χ3n) is 19.8. The van der Waals surface area contributed by atoms with E-state index in [0.29, 0.717) is 52.5 Å². The quantitative estimate of drug-likeness (QED) is 0.177. The minimum atomic E-state index is -0.888. The number of hydrogen-bond donors (Lipinski definition) is 2. The summed E-state index contributed by atoms with van der Waals surface area (Å²) in [4.78, 5) is 101. The molecule has 8 aliphatic rings. The zero-order chi connectivity index (χ0) is 60.3. The first-order chi connectivity index (χ1) is 40.5. The molecule has 4 saturated carbocycles. The molecule has 4 aliphatic heterocycles. The van der Waals surface area contributed by atoms with Crippen LogP contribution in [-0.4, -0.2) is 142 Å². The molecule has 12 rings (SSSR count). The molecule has 6 fully saturated rings. The van der Waals surface area contributed by atoms with Crippen LogP contribution in [0.5, 0.6) is 23.3 Å². The molecule has 2 saturated heterocycles. The van der Waals surface area contributed by atoms with Gasteiger partial charge in [0.2, 0.25) is 23.6 Å². The average Bonchev–Trinajstić information content (AvgIpc) is 2.21. The molecule has 22 heteroatoms. The summed E-state index contributed by atoms with van der Waals surface area (Å²) in [6.45, 7) is 15.5. The van der Waals surface area contributed by atoms with Crippen molar-refractivity contribution in [3.05, 3.63) is 47.8 Å². The summed E-state index contributed by atoms with van der Waals surface area (Å²) in [5.74, 6) is 1.57. The fraction of sp³-hybridized carbons (Fsp3) is 0.662. The predicted molar refractivity (Wildman–Crippen MR) is 314 cm³/mol. The molecule has 2 aromatic heterocycles. The number of methoxy groups -OCH3 is 2. The number of nitrogens with one attached hydrogen (secondary N) is 2. The molecule has 2 aromatic carbocycles. The maximum atomic E-state index is 14.1. The number of benzene rings is 2. The molecule has 468 valence electrons. The number of fused-ring (bicyclic) bond motifs is 10. The van der Waals surface area contributed by atoms with Crippen LogP contribution in [0.4, 0.5) is 9.59 Å². The summed E-state index contributed by atoms with van der Waals surface area (Å²) >= 11 is 0. The van der Waals surface area contributed by atoms with Crippen LogP contribution in [0.3, 0.4) is 0 Å². The van der Waals surface area contributed by atoms with Crippen LogP contribution in [0.2, 0.25) is 0 Å². The standard InChI is InChI=1S/C33H43N4O6.C32H41N4O6.2V/c1-6-21-25(18-38)37-17-27(21)42-29-23(34-22-8-7-20(41-5)16-24(22)35-29)10-12-33(13-14-33)11-9-19-15-26(19)43-31(40)36-28(30(37)39)32(2,3)4;1-18-24(17-37)36-16-26(18)41-28-22(33-21-7-6-20(40-5)15-23(21)34-28)9-11-32(12-13-32)10-8-19-14-25(19)42-30(39)35-27(29(36)38)31(2,3)4;;/h7-8,16,19,21,25-28H,6,9-15,17H2,1-5H3,(H,36,40);6-7,15,18-19,24-27H,8-14,16H2,1-5H3,(H,35,39);;/q2*-1;;/t19-,21+,25-,26-,27+,28-;18-,19+,24+,25+,26-,27+;;/m10../s1. The van der Waals surface area contributed by atoms with Crippen molar-refractivity contribution >= 4 is 58.6 Å². The van der Waals surface area contributed by atoms with Crippen molar-refractivity contribution in [3.8, 4) is 23.3 Å². The fourth-order valence-corrected chi connectivity index (χ4v) is 13.4. The van der Waals surface area contributed by atoms with Gasteiger partial charge in [-0.2, -0.15) is 0 Å². The summed E-state index contributed by atoms with van der Waals surface area (Å²) in [6.07, 6.45) is 16.4. The first-order valence-corrected chi connectivity index (χ1v) is 30.9. The largest absolute Gasteiger partial charge is 0.540 e. The van der Waals surface area contributed by atoms with Crippen LogP contribution in [0, 0.1) is 45.3 Å². The number of alkyl carbamates (subject to hydrolysis) is 2. The maximum Gasteiger partial charge on any atom is 0.408 e. The van der Waals surface area contributed by atoms with Gasteiger partial charge in [-0.3, -0.25) is 9.59 Å². The van der Waals surface area contributed by atoms with Crippen LogP contribution in [0.15, 0.2) is 36.4 Å². The van der Waals surface area contributed by atoms with E-state index >= 15 is 0 Å². The van der Waals surface area contributed by atoms with Crippen molar-refractivity contribution in [2.75, 3.05) is 27.3 Å². The summed E-state index contributed by atoms with van der Waals surface area (Å²) in [6, 6.07) is 7.83. The van der Waals surface area contributed by atoms with Gasteiger partial charge in [-0.25, -0.2) is 42.1 Å². The third kappa shape index (κ3) is 14.5. The molecule has 0 unspecified atom stereocenters. The number of ether oxygens (including phenoxy) is 6. The van der Waals surface area contributed by atoms with Gasteiger partial charge < -0.3 is 58.4 Å². The van der Waals surface area contributed by atoms with Crippen molar-refractivity contribution in [2.24, 2.45) is 45.3 Å². The number of aryl methyl sites for hydroxylation is 2.